The number of aliphatic hydroxyl groups is 2. The van der Waals surface area contributed by atoms with Gasteiger partial charge >= 0.3 is 0 Å². The lowest BCUT2D eigenvalue weighted by Gasteiger charge is -2.20. The molecule has 0 saturated heterocycles. The van der Waals surface area contributed by atoms with E-state index < -0.39 is 11.7 Å². The minimum Gasteiger partial charge on any atom is -0.508 e. The first-order valence-electron chi connectivity index (χ1n) is 7.92. The third-order valence-corrected chi connectivity index (χ3v) is 3.59. The summed E-state index contributed by atoms with van der Waals surface area (Å²) in [7, 11) is 0. The van der Waals surface area contributed by atoms with Gasteiger partial charge in [0.2, 0.25) is 0 Å². The highest BCUT2D eigenvalue weighted by molar-refractivity contribution is 5.45. The van der Waals surface area contributed by atoms with Crippen LogP contribution in [-0.4, -0.2) is 27.5 Å². The first kappa shape index (κ1) is 18.5. The fourth-order valence-electron chi connectivity index (χ4n) is 2.48. The molecule has 122 valence electrons. The zero-order chi connectivity index (χ0) is 16.6. The van der Waals surface area contributed by atoms with Crippen molar-refractivity contribution in [1.29, 1.82) is 0 Å². The number of rotatable bonds is 7. The summed E-state index contributed by atoms with van der Waals surface area (Å²) in [5, 5.41) is 30.3. The molecule has 0 aliphatic rings. The molecule has 0 aliphatic heterocycles. The molecule has 0 amide bonds. The van der Waals surface area contributed by atoms with Crippen LogP contribution in [0, 0.1) is 11.8 Å². The van der Waals surface area contributed by atoms with Gasteiger partial charge in [-0.2, -0.15) is 0 Å². The van der Waals surface area contributed by atoms with Crippen LogP contribution in [-0.2, 0) is 0 Å². The Labute approximate surface area is 133 Å². The first-order chi connectivity index (χ1) is 10.5. The van der Waals surface area contributed by atoms with E-state index in [0.29, 0.717) is 36.9 Å². The van der Waals surface area contributed by atoms with Crippen molar-refractivity contribution in [3.05, 3.63) is 29.3 Å². The van der Waals surface area contributed by atoms with Crippen molar-refractivity contribution in [2.45, 2.75) is 57.7 Å². The Morgan fingerprint density at radius 3 is 2.41 bits per heavy atom. The number of hydrogen-bond acceptors (Lipinski definition) is 4. The van der Waals surface area contributed by atoms with Crippen LogP contribution >= 0.6 is 0 Å². The maximum Gasteiger partial charge on any atom is 0.125 e. The molecule has 4 nitrogen and oxygen atoms in total. The van der Waals surface area contributed by atoms with E-state index in [-0.39, 0.29) is 5.75 Å². The second-order valence-electron chi connectivity index (χ2n) is 5.65. The number of nitrogens with two attached hydrogens (primary N) is 1. The molecule has 0 aromatic heterocycles. The first-order valence-corrected chi connectivity index (χ1v) is 7.92. The van der Waals surface area contributed by atoms with Crippen molar-refractivity contribution in [3.63, 3.8) is 0 Å². The highest BCUT2D eigenvalue weighted by Gasteiger charge is 2.21. The summed E-state index contributed by atoms with van der Waals surface area (Å²) < 4.78 is 0. The van der Waals surface area contributed by atoms with E-state index in [4.69, 9.17) is 5.73 Å². The van der Waals surface area contributed by atoms with Crippen molar-refractivity contribution in [1.82, 2.24) is 0 Å². The number of aromatic hydroxyl groups is 1. The van der Waals surface area contributed by atoms with E-state index in [1.807, 2.05) is 13.8 Å². The average molecular weight is 305 g/mol. The van der Waals surface area contributed by atoms with Crippen molar-refractivity contribution in [3.8, 4) is 17.6 Å². The maximum absolute atomic E-state index is 10.5. The largest absolute Gasteiger partial charge is 0.508 e. The zero-order valence-electron chi connectivity index (χ0n) is 13.5. The number of hydrogen-bond donors (Lipinski definition) is 4. The average Bonchev–Trinajstić information content (AvgIpc) is 2.47. The Morgan fingerprint density at radius 2 is 1.86 bits per heavy atom. The monoisotopic (exact) mass is 305 g/mol. The van der Waals surface area contributed by atoms with Gasteiger partial charge in [-0.25, -0.2) is 0 Å². The second-order valence-corrected chi connectivity index (χ2v) is 5.65. The predicted molar refractivity (Wildman–Crippen MR) is 88.4 cm³/mol. The molecule has 4 heteroatoms. The van der Waals surface area contributed by atoms with Crippen LogP contribution in [0.1, 0.15) is 63.2 Å². The van der Waals surface area contributed by atoms with Gasteiger partial charge in [0, 0.05) is 11.1 Å². The van der Waals surface area contributed by atoms with Gasteiger partial charge in [0.25, 0.3) is 0 Å². The SMILES string of the molecule is CCCC(O)(C#Cc1ccc(O)c(C(O)CCN)c1)CCC. The van der Waals surface area contributed by atoms with E-state index in [2.05, 4.69) is 11.8 Å². The number of phenols is 1. The van der Waals surface area contributed by atoms with Crippen LogP contribution in [0.3, 0.4) is 0 Å². The summed E-state index contributed by atoms with van der Waals surface area (Å²) in [4.78, 5) is 0. The van der Waals surface area contributed by atoms with Crippen molar-refractivity contribution >= 4 is 0 Å². The lowest BCUT2D eigenvalue weighted by molar-refractivity contribution is 0.0807. The molecule has 0 fully saturated rings. The van der Waals surface area contributed by atoms with E-state index in [1.165, 1.54) is 6.07 Å². The van der Waals surface area contributed by atoms with Gasteiger partial charge in [-0.15, -0.1) is 0 Å². The highest BCUT2D eigenvalue weighted by Crippen LogP contribution is 2.27. The Hall–Kier alpha value is -1.54. The van der Waals surface area contributed by atoms with Crippen LogP contribution in [0.2, 0.25) is 0 Å². The van der Waals surface area contributed by atoms with Gasteiger partial charge in [-0.1, -0.05) is 38.5 Å². The molecule has 1 atom stereocenters. The molecule has 0 saturated carbocycles. The Morgan fingerprint density at radius 1 is 1.23 bits per heavy atom. The molecule has 1 aromatic carbocycles. The fraction of sp³-hybridized carbons (Fsp3) is 0.556. The lowest BCUT2D eigenvalue weighted by Crippen LogP contribution is -2.25. The molecular weight excluding hydrogens is 278 g/mol. The maximum atomic E-state index is 10.5. The van der Waals surface area contributed by atoms with E-state index >= 15 is 0 Å². The normalized spacial score (nSPS) is 12.6. The van der Waals surface area contributed by atoms with Gasteiger partial charge < -0.3 is 21.1 Å². The third kappa shape index (κ3) is 5.34. The molecule has 1 rings (SSSR count). The topological polar surface area (TPSA) is 86.7 Å². The second kappa shape index (κ2) is 8.79. The minimum atomic E-state index is -0.975. The van der Waals surface area contributed by atoms with Crippen LogP contribution in [0.25, 0.3) is 0 Å². The van der Waals surface area contributed by atoms with Crippen molar-refractivity contribution in [2.24, 2.45) is 5.73 Å². The highest BCUT2D eigenvalue weighted by atomic mass is 16.3. The number of aliphatic hydroxyl groups excluding tert-OH is 1. The van der Waals surface area contributed by atoms with Gasteiger partial charge in [0.15, 0.2) is 0 Å². The molecule has 5 N–H and O–H groups in total. The summed E-state index contributed by atoms with van der Waals surface area (Å²) >= 11 is 0. The summed E-state index contributed by atoms with van der Waals surface area (Å²) in [5.41, 5.74) is 5.54. The summed E-state index contributed by atoms with van der Waals surface area (Å²) in [5.74, 6) is 5.95. The fourth-order valence-corrected chi connectivity index (χ4v) is 2.48. The summed E-state index contributed by atoms with van der Waals surface area (Å²) in [6.45, 7) is 4.37. The van der Waals surface area contributed by atoms with Gasteiger partial charge in [-0.05, 0) is 44.0 Å². The van der Waals surface area contributed by atoms with Crippen LogP contribution in [0.4, 0.5) is 0 Å². The third-order valence-electron chi connectivity index (χ3n) is 3.59. The smallest absolute Gasteiger partial charge is 0.125 e. The quantitative estimate of drug-likeness (QED) is 0.583. The van der Waals surface area contributed by atoms with Crippen LogP contribution in [0.15, 0.2) is 18.2 Å². The van der Waals surface area contributed by atoms with Gasteiger partial charge in [0.05, 0.1) is 6.10 Å². The van der Waals surface area contributed by atoms with E-state index in [0.717, 1.165) is 12.8 Å². The van der Waals surface area contributed by atoms with Gasteiger partial charge in [0.1, 0.15) is 11.4 Å². The van der Waals surface area contributed by atoms with Crippen molar-refractivity contribution in [2.75, 3.05) is 6.54 Å². The van der Waals surface area contributed by atoms with Crippen molar-refractivity contribution < 1.29 is 15.3 Å². The van der Waals surface area contributed by atoms with Crippen LogP contribution in [0.5, 0.6) is 5.75 Å². The molecule has 22 heavy (non-hydrogen) atoms. The minimum absolute atomic E-state index is 0.0314. The number of phenolic OH excluding ortho intramolecular Hbond substituents is 1. The Balaban J connectivity index is 3.04. The molecule has 0 aliphatic carbocycles. The zero-order valence-corrected chi connectivity index (χ0v) is 13.5. The van der Waals surface area contributed by atoms with E-state index in [1.54, 1.807) is 12.1 Å². The Kier molecular flexibility index (Phi) is 7.40. The molecule has 1 aromatic rings. The predicted octanol–water partition coefficient (Wildman–Crippen LogP) is 2.46. The number of benzene rings is 1. The molecule has 0 heterocycles. The molecule has 0 radical (unpaired) electrons. The summed E-state index contributed by atoms with van der Waals surface area (Å²) in [6.07, 6.45) is 2.56. The molecular formula is C18H27NO3. The standard InChI is InChI=1S/C18H27NO3/c1-3-9-18(22,10-4-2)11-7-14-5-6-16(20)15(13-14)17(21)8-12-19/h5-6,13,17,20-22H,3-4,8-10,12,19H2,1-2H3. The van der Waals surface area contributed by atoms with Crippen LogP contribution < -0.4 is 5.73 Å². The summed E-state index contributed by atoms with van der Waals surface area (Å²) in [6, 6.07) is 4.85. The Bertz CT molecular complexity index is 525. The van der Waals surface area contributed by atoms with Gasteiger partial charge in [-0.3, -0.25) is 0 Å². The molecule has 0 spiro atoms. The molecule has 1 unspecified atom stereocenters. The van der Waals surface area contributed by atoms with E-state index in [9.17, 15) is 15.3 Å². The molecule has 0 bridgehead atoms. The lowest BCUT2D eigenvalue weighted by atomic mass is 9.93.